The molecule has 0 saturated heterocycles. The smallest absolute Gasteiger partial charge is 0.269 e. The molecule has 0 fully saturated rings. The van der Waals surface area contributed by atoms with Gasteiger partial charge in [-0.2, -0.15) is 0 Å². The van der Waals surface area contributed by atoms with E-state index in [9.17, 15) is 19.2 Å². The molecule has 0 unspecified atom stereocenters. The quantitative estimate of drug-likeness (QED) is 0.691. The van der Waals surface area contributed by atoms with Crippen molar-refractivity contribution in [2.45, 2.75) is 38.5 Å². The number of hydrogen-bond acceptors (Lipinski definition) is 6. The number of rotatable bonds is 0. The van der Waals surface area contributed by atoms with Crippen molar-refractivity contribution >= 4 is 23.4 Å². The number of fused-ring (bicyclic) bond motifs is 4. The molecule has 0 aromatic carbocycles. The summed E-state index contributed by atoms with van der Waals surface area (Å²) < 4.78 is 0. The molecule has 3 heterocycles. The van der Waals surface area contributed by atoms with Crippen molar-refractivity contribution in [3.05, 3.63) is 59.2 Å². The van der Waals surface area contributed by atoms with Crippen LogP contribution in [-0.2, 0) is 0 Å². The molecule has 8 nitrogen and oxygen atoms in total. The van der Waals surface area contributed by atoms with Gasteiger partial charge < -0.3 is 10.6 Å². The van der Waals surface area contributed by atoms with Crippen molar-refractivity contribution in [1.29, 1.82) is 0 Å². The van der Waals surface area contributed by atoms with Gasteiger partial charge in [-0.15, -0.1) is 0 Å². The molecule has 0 atom stereocenters. The van der Waals surface area contributed by atoms with Crippen LogP contribution in [0.4, 0.5) is 0 Å². The summed E-state index contributed by atoms with van der Waals surface area (Å²) in [4.78, 5) is 57.6. The molecule has 3 rings (SSSR count). The number of pyridine rings is 2. The summed E-state index contributed by atoms with van der Waals surface area (Å²) in [6, 6.07) is 9.60. The summed E-state index contributed by atoms with van der Waals surface area (Å²) in [6.45, 7) is 0.676. The van der Waals surface area contributed by atoms with E-state index in [1.165, 1.54) is 0 Å². The zero-order chi connectivity index (χ0) is 21.3. The average Bonchev–Trinajstić information content (AvgIpc) is 2.77. The minimum atomic E-state index is -0.363. The van der Waals surface area contributed by atoms with Gasteiger partial charge in [0.2, 0.25) is 0 Å². The van der Waals surface area contributed by atoms with E-state index in [2.05, 4.69) is 20.6 Å². The fraction of sp³-hybridized carbons (Fsp3) is 0.364. The normalized spacial score (nSPS) is 17.1. The van der Waals surface area contributed by atoms with E-state index in [1.807, 2.05) is 0 Å². The van der Waals surface area contributed by atoms with E-state index in [4.69, 9.17) is 0 Å². The van der Waals surface area contributed by atoms with Gasteiger partial charge in [0.05, 0.1) is 0 Å². The SMILES string of the molecule is O=C1CCCCCC(=O)c2cccc(n2)C(=O)NCCCNC(=O)c2cccc1n2. The highest BCUT2D eigenvalue weighted by atomic mass is 16.2. The molecule has 4 bridgehead atoms. The number of carbonyl (C=O) groups is 4. The summed E-state index contributed by atoms with van der Waals surface area (Å²) in [5.74, 6) is -0.971. The second kappa shape index (κ2) is 10.4. The second-order valence-electron chi connectivity index (χ2n) is 7.09. The Morgan fingerprint density at radius 2 is 1.00 bits per heavy atom. The maximum absolute atomic E-state index is 12.4. The molecule has 156 valence electrons. The van der Waals surface area contributed by atoms with E-state index in [0.29, 0.717) is 51.6 Å². The number of nitrogens with zero attached hydrogens (tertiary/aromatic N) is 2. The van der Waals surface area contributed by atoms with Gasteiger partial charge in [0, 0.05) is 25.9 Å². The first-order valence-corrected chi connectivity index (χ1v) is 10.1. The van der Waals surface area contributed by atoms with E-state index in [0.717, 1.165) is 0 Å². The van der Waals surface area contributed by atoms with E-state index < -0.39 is 0 Å². The molecular formula is C22H24N4O4. The monoisotopic (exact) mass is 408 g/mol. The number of carbonyl (C=O) groups excluding carboxylic acids is 4. The molecule has 0 saturated carbocycles. The van der Waals surface area contributed by atoms with Gasteiger partial charge in [0.1, 0.15) is 22.8 Å². The Kier molecular flexibility index (Phi) is 7.37. The highest BCUT2D eigenvalue weighted by Gasteiger charge is 2.14. The minimum Gasteiger partial charge on any atom is -0.351 e. The molecule has 0 spiro atoms. The van der Waals surface area contributed by atoms with E-state index in [1.54, 1.807) is 36.4 Å². The predicted molar refractivity (Wildman–Crippen MR) is 110 cm³/mol. The maximum Gasteiger partial charge on any atom is 0.269 e. The van der Waals surface area contributed by atoms with Gasteiger partial charge in [0.25, 0.3) is 11.8 Å². The largest absolute Gasteiger partial charge is 0.351 e. The number of hydrogen-bond donors (Lipinski definition) is 2. The lowest BCUT2D eigenvalue weighted by Crippen LogP contribution is -2.31. The van der Waals surface area contributed by atoms with Crippen LogP contribution in [0, 0.1) is 0 Å². The summed E-state index contributed by atoms with van der Waals surface area (Å²) in [7, 11) is 0. The lowest BCUT2D eigenvalue weighted by Gasteiger charge is -2.08. The van der Waals surface area contributed by atoms with Crippen molar-refractivity contribution < 1.29 is 19.2 Å². The average molecular weight is 408 g/mol. The van der Waals surface area contributed by atoms with Crippen molar-refractivity contribution in [2.24, 2.45) is 0 Å². The number of aromatic nitrogens is 2. The lowest BCUT2D eigenvalue weighted by molar-refractivity contribution is 0.0945. The summed E-state index contributed by atoms with van der Waals surface area (Å²) >= 11 is 0. The summed E-state index contributed by atoms with van der Waals surface area (Å²) in [6.07, 6.45) is 3.08. The van der Waals surface area contributed by atoms with Crippen LogP contribution >= 0.6 is 0 Å². The Labute approximate surface area is 174 Å². The first-order chi connectivity index (χ1) is 14.5. The van der Waals surface area contributed by atoms with Gasteiger partial charge in [-0.3, -0.25) is 19.2 Å². The molecule has 2 aromatic rings. The number of nitrogens with one attached hydrogen (secondary N) is 2. The third-order valence-corrected chi connectivity index (χ3v) is 4.77. The highest BCUT2D eigenvalue weighted by molar-refractivity contribution is 5.98. The fourth-order valence-electron chi connectivity index (χ4n) is 3.11. The van der Waals surface area contributed by atoms with Crippen LogP contribution in [0.3, 0.4) is 0 Å². The molecule has 0 aliphatic carbocycles. The number of ketones is 2. The molecule has 1 aliphatic rings. The Morgan fingerprint density at radius 1 is 0.567 bits per heavy atom. The van der Waals surface area contributed by atoms with Crippen molar-refractivity contribution in [3.63, 3.8) is 0 Å². The van der Waals surface area contributed by atoms with Crippen LogP contribution in [-0.4, -0.2) is 46.4 Å². The van der Waals surface area contributed by atoms with Crippen molar-refractivity contribution in [3.8, 4) is 0 Å². The van der Waals surface area contributed by atoms with Crippen LogP contribution in [0.2, 0.25) is 0 Å². The Bertz CT molecular complexity index is 814. The van der Waals surface area contributed by atoms with Crippen LogP contribution in [0.1, 0.15) is 80.5 Å². The van der Waals surface area contributed by atoms with Gasteiger partial charge >= 0.3 is 0 Å². The third kappa shape index (κ3) is 5.79. The van der Waals surface area contributed by atoms with Crippen LogP contribution in [0.5, 0.6) is 0 Å². The summed E-state index contributed by atoms with van der Waals surface area (Å²) in [5.41, 5.74) is 0.902. The van der Waals surface area contributed by atoms with Gasteiger partial charge in [-0.05, 0) is 43.5 Å². The van der Waals surface area contributed by atoms with Crippen molar-refractivity contribution in [2.75, 3.05) is 13.1 Å². The van der Waals surface area contributed by atoms with Crippen LogP contribution in [0.15, 0.2) is 36.4 Å². The molecule has 8 heteroatoms. The van der Waals surface area contributed by atoms with Crippen LogP contribution < -0.4 is 10.6 Å². The lowest BCUT2D eigenvalue weighted by atomic mass is 10.0. The molecule has 2 aromatic heterocycles. The van der Waals surface area contributed by atoms with Gasteiger partial charge in [-0.1, -0.05) is 18.6 Å². The first kappa shape index (κ1) is 21.3. The molecule has 0 radical (unpaired) electrons. The topological polar surface area (TPSA) is 118 Å². The molecule has 30 heavy (non-hydrogen) atoms. The fourth-order valence-corrected chi connectivity index (χ4v) is 3.11. The Morgan fingerprint density at radius 3 is 1.47 bits per heavy atom. The van der Waals surface area contributed by atoms with Gasteiger partial charge in [0.15, 0.2) is 11.6 Å². The highest BCUT2D eigenvalue weighted by Crippen LogP contribution is 2.11. The number of Topliss-reactive ketones (excluding diaryl/α,β-unsaturated/α-hetero) is 2. The third-order valence-electron chi connectivity index (χ3n) is 4.77. The predicted octanol–water partition coefficient (Wildman–Crippen LogP) is 2.36. The summed E-state index contributed by atoms with van der Waals surface area (Å²) in [5, 5.41) is 5.46. The maximum atomic E-state index is 12.4. The Balaban J connectivity index is 1.71. The Hall–Kier alpha value is -3.42. The van der Waals surface area contributed by atoms with Gasteiger partial charge in [-0.25, -0.2) is 9.97 Å². The molecule has 2 N–H and O–H groups in total. The zero-order valence-corrected chi connectivity index (χ0v) is 16.6. The molecule has 1 aliphatic heterocycles. The molecule has 2 amide bonds. The minimum absolute atomic E-state index is 0.123. The van der Waals surface area contributed by atoms with E-state index in [-0.39, 0.29) is 46.2 Å². The zero-order valence-electron chi connectivity index (χ0n) is 16.6. The molecular weight excluding hydrogens is 384 g/mol. The number of amides is 2. The van der Waals surface area contributed by atoms with E-state index >= 15 is 0 Å². The van der Waals surface area contributed by atoms with Crippen LogP contribution in [0.25, 0.3) is 0 Å². The standard InChI is InChI=1S/C22H24N4O4/c27-19-11-2-1-3-12-20(28)16-8-5-10-18(26-16)22(30)24-14-6-13-23-21(29)17-9-4-7-15(19)25-17/h4-5,7-10H,1-3,6,11-14H2,(H,23,29)(H,24,30). The first-order valence-electron chi connectivity index (χ1n) is 10.1. The van der Waals surface area contributed by atoms with Crippen molar-refractivity contribution in [1.82, 2.24) is 20.6 Å². The second-order valence-corrected chi connectivity index (χ2v) is 7.09.